The van der Waals surface area contributed by atoms with Crippen LogP contribution in [0.25, 0.3) is 22.5 Å². The van der Waals surface area contributed by atoms with Crippen molar-refractivity contribution < 1.29 is 13.9 Å². The molecule has 0 unspecified atom stereocenters. The van der Waals surface area contributed by atoms with Gasteiger partial charge in [-0.1, -0.05) is 12.1 Å². The maximum Gasteiger partial charge on any atom is 0.255 e. The summed E-state index contributed by atoms with van der Waals surface area (Å²) in [5, 5.41) is 10.8. The topological polar surface area (TPSA) is 106 Å². The predicted octanol–water partition coefficient (Wildman–Crippen LogP) is 3.01. The number of hydrogen-bond acceptors (Lipinski definition) is 6. The average molecular weight is 349 g/mol. The lowest BCUT2D eigenvalue weighted by Crippen LogP contribution is -2.12. The minimum Gasteiger partial charge on any atom is -0.418 e. The molecule has 130 valence electrons. The van der Waals surface area contributed by atoms with Gasteiger partial charge in [-0.15, -0.1) is 10.2 Å². The van der Waals surface area contributed by atoms with Gasteiger partial charge in [0.2, 0.25) is 11.8 Å². The summed E-state index contributed by atoms with van der Waals surface area (Å²) < 4.78 is 10.5. The third-order valence-electron chi connectivity index (χ3n) is 3.80. The fraction of sp³-hybridized carbons (Fsp3) is 0.111. The summed E-state index contributed by atoms with van der Waals surface area (Å²) in [5.74, 6) is 0.461. The average Bonchev–Trinajstić information content (AvgIpc) is 3.32. The van der Waals surface area contributed by atoms with Crippen molar-refractivity contribution in [2.24, 2.45) is 0 Å². The maximum absolute atomic E-state index is 12.6. The van der Waals surface area contributed by atoms with Gasteiger partial charge < -0.3 is 19.5 Å². The van der Waals surface area contributed by atoms with E-state index in [2.05, 4.69) is 25.5 Å². The number of aromatic nitrogens is 4. The van der Waals surface area contributed by atoms with Crippen molar-refractivity contribution in [2.45, 2.75) is 6.61 Å². The van der Waals surface area contributed by atoms with Crippen molar-refractivity contribution in [2.75, 3.05) is 12.4 Å². The largest absolute Gasteiger partial charge is 0.418 e. The molecule has 0 radical (unpaired) electrons. The molecule has 2 heterocycles. The monoisotopic (exact) mass is 349 g/mol. The minimum absolute atomic E-state index is 0.237. The van der Waals surface area contributed by atoms with E-state index < -0.39 is 0 Å². The molecule has 0 bridgehead atoms. The smallest absolute Gasteiger partial charge is 0.255 e. The Hall–Kier alpha value is -3.52. The number of benzene rings is 2. The fourth-order valence-corrected chi connectivity index (χ4v) is 2.61. The van der Waals surface area contributed by atoms with E-state index in [1.807, 2.05) is 12.1 Å². The molecule has 8 heteroatoms. The quantitative estimate of drug-likeness (QED) is 0.574. The van der Waals surface area contributed by atoms with Gasteiger partial charge in [0.25, 0.3) is 5.91 Å². The van der Waals surface area contributed by atoms with Gasteiger partial charge in [0.05, 0.1) is 17.5 Å². The number of amides is 1. The number of carbonyl (C=O) groups is 1. The SMILES string of the molecule is COCc1nnc(-c2cccc(C(=O)Nc3cccc4[nH]cnc34)c2)o1. The van der Waals surface area contributed by atoms with E-state index >= 15 is 0 Å². The van der Waals surface area contributed by atoms with Crippen molar-refractivity contribution >= 4 is 22.6 Å². The summed E-state index contributed by atoms with van der Waals surface area (Å²) in [7, 11) is 1.55. The van der Waals surface area contributed by atoms with Gasteiger partial charge in [-0.25, -0.2) is 4.98 Å². The molecule has 0 atom stereocenters. The second-order valence-electron chi connectivity index (χ2n) is 5.57. The van der Waals surface area contributed by atoms with Gasteiger partial charge in [0.1, 0.15) is 12.1 Å². The molecule has 2 aromatic heterocycles. The zero-order valence-electron chi connectivity index (χ0n) is 13.9. The molecule has 1 amide bonds. The van der Waals surface area contributed by atoms with Gasteiger partial charge in [0.15, 0.2) is 0 Å². The molecule has 26 heavy (non-hydrogen) atoms. The van der Waals surface area contributed by atoms with Crippen LogP contribution in [0.5, 0.6) is 0 Å². The zero-order valence-corrected chi connectivity index (χ0v) is 13.9. The molecule has 0 fully saturated rings. The Morgan fingerprint density at radius 1 is 1.23 bits per heavy atom. The molecule has 8 nitrogen and oxygen atoms in total. The summed E-state index contributed by atoms with van der Waals surface area (Å²) in [6.07, 6.45) is 1.59. The second kappa shape index (κ2) is 6.77. The number of hydrogen-bond donors (Lipinski definition) is 2. The van der Waals surface area contributed by atoms with Gasteiger partial charge in [-0.05, 0) is 30.3 Å². The van der Waals surface area contributed by atoms with Crippen LogP contribution in [0.15, 0.2) is 53.2 Å². The summed E-state index contributed by atoms with van der Waals surface area (Å²) in [6, 6.07) is 12.5. The molecule has 0 aliphatic heterocycles. The third kappa shape index (κ3) is 3.05. The predicted molar refractivity (Wildman–Crippen MR) is 94.5 cm³/mol. The van der Waals surface area contributed by atoms with Crippen molar-refractivity contribution in [3.8, 4) is 11.5 Å². The first-order valence-electron chi connectivity index (χ1n) is 7.90. The Labute approximate surface area is 148 Å². The van der Waals surface area contributed by atoms with Crippen LogP contribution in [0.4, 0.5) is 5.69 Å². The number of ether oxygens (including phenoxy) is 1. The number of imidazole rings is 1. The maximum atomic E-state index is 12.6. The van der Waals surface area contributed by atoms with E-state index in [-0.39, 0.29) is 12.5 Å². The van der Waals surface area contributed by atoms with Crippen LogP contribution in [0.1, 0.15) is 16.2 Å². The highest BCUT2D eigenvalue weighted by Gasteiger charge is 2.13. The van der Waals surface area contributed by atoms with E-state index in [4.69, 9.17) is 9.15 Å². The first-order valence-corrected chi connectivity index (χ1v) is 7.90. The Balaban J connectivity index is 1.59. The molecule has 2 aromatic carbocycles. The number of anilines is 1. The molecule has 2 N–H and O–H groups in total. The Kier molecular flexibility index (Phi) is 4.16. The molecule has 4 aromatic rings. The Morgan fingerprint density at radius 3 is 3.00 bits per heavy atom. The van der Waals surface area contributed by atoms with Crippen LogP contribution < -0.4 is 5.32 Å². The van der Waals surface area contributed by atoms with Crippen LogP contribution in [0, 0.1) is 0 Å². The molecule has 4 rings (SSSR count). The zero-order chi connectivity index (χ0) is 17.9. The van der Waals surface area contributed by atoms with Gasteiger partial charge in [0, 0.05) is 18.2 Å². The highest BCUT2D eigenvalue weighted by atomic mass is 16.5. The van der Waals surface area contributed by atoms with Crippen molar-refractivity contribution in [1.82, 2.24) is 20.2 Å². The number of H-pyrrole nitrogens is 1. The highest BCUT2D eigenvalue weighted by molar-refractivity contribution is 6.08. The number of aromatic amines is 1. The van der Waals surface area contributed by atoms with Gasteiger partial charge in [-0.2, -0.15) is 0 Å². The molecular formula is C18H15N5O3. The molecule has 0 spiro atoms. The van der Waals surface area contributed by atoms with Gasteiger partial charge in [-0.3, -0.25) is 4.79 Å². The first kappa shape index (κ1) is 16.0. The van der Waals surface area contributed by atoms with E-state index in [0.29, 0.717) is 34.1 Å². The van der Waals surface area contributed by atoms with Gasteiger partial charge >= 0.3 is 0 Å². The Morgan fingerprint density at radius 2 is 2.12 bits per heavy atom. The molecule has 0 aliphatic carbocycles. The number of nitrogens with one attached hydrogen (secondary N) is 2. The summed E-state index contributed by atoms with van der Waals surface area (Å²) in [6.45, 7) is 0.237. The van der Waals surface area contributed by atoms with E-state index in [1.165, 1.54) is 0 Å². The van der Waals surface area contributed by atoms with E-state index in [0.717, 1.165) is 5.52 Å². The lowest BCUT2D eigenvalue weighted by Gasteiger charge is -2.06. The number of methoxy groups -OCH3 is 1. The number of nitrogens with zero attached hydrogens (tertiary/aromatic N) is 3. The standard InChI is InChI=1S/C18H15N5O3/c1-25-9-15-22-23-18(26-15)12-5-2-4-11(8-12)17(24)21-14-7-3-6-13-16(14)20-10-19-13/h2-8,10H,9H2,1H3,(H,19,20)(H,21,24). The van der Waals surface area contributed by atoms with Crippen LogP contribution in [-0.4, -0.2) is 33.2 Å². The first-order chi connectivity index (χ1) is 12.7. The third-order valence-corrected chi connectivity index (χ3v) is 3.80. The number of carbonyl (C=O) groups excluding carboxylic acids is 1. The molecular weight excluding hydrogens is 334 g/mol. The summed E-state index contributed by atoms with van der Waals surface area (Å²) in [5.41, 5.74) is 3.33. The van der Waals surface area contributed by atoms with Crippen LogP contribution in [0.2, 0.25) is 0 Å². The molecule has 0 aliphatic rings. The lowest BCUT2D eigenvalue weighted by molar-refractivity contribution is 0.102. The molecule has 0 saturated heterocycles. The van der Waals surface area contributed by atoms with E-state index in [1.54, 1.807) is 43.8 Å². The fourth-order valence-electron chi connectivity index (χ4n) is 2.61. The van der Waals surface area contributed by atoms with Crippen molar-refractivity contribution in [3.05, 3.63) is 60.2 Å². The number of rotatable bonds is 5. The summed E-state index contributed by atoms with van der Waals surface area (Å²) in [4.78, 5) is 19.9. The highest BCUT2D eigenvalue weighted by Crippen LogP contribution is 2.22. The second-order valence-corrected chi connectivity index (χ2v) is 5.57. The van der Waals surface area contributed by atoms with Crippen molar-refractivity contribution in [3.63, 3.8) is 0 Å². The lowest BCUT2D eigenvalue weighted by atomic mass is 10.1. The van der Waals surface area contributed by atoms with E-state index in [9.17, 15) is 4.79 Å². The summed E-state index contributed by atoms with van der Waals surface area (Å²) >= 11 is 0. The number of para-hydroxylation sites is 1. The normalized spacial score (nSPS) is 11.0. The number of fused-ring (bicyclic) bond motifs is 1. The van der Waals surface area contributed by atoms with Crippen molar-refractivity contribution in [1.29, 1.82) is 0 Å². The van der Waals surface area contributed by atoms with Crippen LogP contribution in [0.3, 0.4) is 0 Å². The minimum atomic E-state index is -0.251. The van der Waals surface area contributed by atoms with Crippen LogP contribution >= 0.6 is 0 Å². The van der Waals surface area contributed by atoms with Crippen LogP contribution in [-0.2, 0) is 11.3 Å². The molecule has 0 saturated carbocycles. The Bertz CT molecular complexity index is 1070.